The summed E-state index contributed by atoms with van der Waals surface area (Å²) in [4.78, 5) is 30.3. The van der Waals surface area contributed by atoms with E-state index in [2.05, 4.69) is 15.6 Å². The Morgan fingerprint density at radius 1 is 0.975 bits per heavy atom. The standard InChI is InChI=1S/C31H35N5O4/c1-20-11-9-12-21(2)28(20)36(27(37)19-35-25-17-8-7-16-24(25)33-34-35)29(31(38)32-22-13-5-6-14-22)23-15-10-18-26(39-3)30(23)40-4/h7-12,15-18,22,29H,5-6,13-14,19H2,1-4H3,(H,32,38)/t29-/m0/s1. The van der Waals surface area contributed by atoms with Gasteiger partial charge < -0.3 is 14.8 Å². The molecule has 5 rings (SSSR count). The molecule has 0 aliphatic heterocycles. The van der Waals surface area contributed by atoms with Gasteiger partial charge in [0, 0.05) is 11.6 Å². The second kappa shape index (κ2) is 11.8. The van der Waals surface area contributed by atoms with Crippen LogP contribution in [0.1, 0.15) is 48.4 Å². The number of ether oxygens (including phenoxy) is 2. The van der Waals surface area contributed by atoms with Crippen molar-refractivity contribution in [1.82, 2.24) is 20.3 Å². The number of hydrogen-bond acceptors (Lipinski definition) is 6. The molecular weight excluding hydrogens is 506 g/mol. The van der Waals surface area contributed by atoms with Crippen LogP contribution in [0.5, 0.6) is 11.5 Å². The first-order valence-corrected chi connectivity index (χ1v) is 13.6. The van der Waals surface area contributed by atoms with Crippen molar-refractivity contribution < 1.29 is 19.1 Å². The quantitative estimate of drug-likeness (QED) is 0.324. The molecule has 0 radical (unpaired) electrons. The summed E-state index contributed by atoms with van der Waals surface area (Å²) in [6.07, 6.45) is 3.96. The number of aryl methyl sites for hydroxylation is 2. The predicted molar refractivity (Wildman–Crippen MR) is 154 cm³/mol. The van der Waals surface area contributed by atoms with E-state index < -0.39 is 6.04 Å². The van der Waals surface area contributed by atoms with Gasteiger partial charge in [0.15, 0.2) is 11.5 Å². The number of carbonyl (C=O) groups excluding carboxylic acids is 2. The lowest BCUT2D eigenvalue weighted by atomic mass is 9.98. The minimum absolute atomic E-state index is 0.0563. The minimum Gasteiger partial charge on any atom is -0.493 e. The number of anilines is 1. The Morgan fingerprint density at radius 3 is 2.38 bits per heavy atom. The maximum atomic E-state index is 14.5. The van der Waals surface area contributed by atoms with Crippen molar-refractivity contribution in [2.24, 2.45) is 0 Å². The van der Waals surface area contributed by atoms with Crippen LogP contribution in [-0.2, 0) is 16.1 Å². The zero-order valence-corrected chi connectivity index (χ0v) is 23.4. The summed E-state index contributed by atoms with van der Waals surface area (Å²) in [6, 6.07) is 17.8. The predicted octanol–water partition coefficient (Wildman–Crippen LogP) is 4.90. The van der Waals surface area contributed by atoms with Crippen molar-refractivity contribution in [2.75, 3.05) is 19.1 Å². The van der Waals surface area contributed by atoms with Crippen LogP contribution in [0.2, 0.25) is 0 Å². The van der Waals surface area contributed by atoms with Gasteiger partial charge in [0.05, 0.1) is 25.4 Å². The fourth-order valence-electron chi connectivity index (χ4n) is 5.70. The Labute approximate surface area is 234 Å². The highest BCUT2D eigenvalue weighted by Gasteiger charge is 2.38. The fourth-order valence-corrected chi connectivity index (χ4v) is 5.70. The Balaban J connectivity index is 1.68. The number of nitrogens with one attached hydrogen (secondary N) is 1. The van der Waals surface area contributed by atoms with E-state index in [-0.39, 0.29) is 24.4 Å². The molecule has 1 aliphatic carbocycles. The number of benzene rings is 3. The van der Waals surface area contributed by atoms with Crippen LogP contribution in [0.15, 0.2) is 60.7 Å². The van der Waals surface area contributed by atoms with Crippen LogP contribution in [0, 0.1) is 13.8 Å². The smallest absolute Gasteiger partial charge is 0.249 e. The lowest BCUT2D eigenvalue weighted by Gasteiger charge is -2.35. The van der Waals surface area contributed by atoms with Gasteiger partial charge in [-0.25, -0.2) is 4.68 Å². The number of fused-ring (bicyclic) bond motifs is 1. The molecular formula is C31H35N5O4. The highest BCUT2D eigenvalue weighted by Crippen LogP contribution is 2.41. The molecule has 4 aromatic rings. The molecule has 3 aromatic carbocycles. The molecule has 2 amide bonds. The average molecular weight is 542 g/mol. The van der Waals surface area contributed by atoms with E-state index >= 15 is 0 Å². The van der Waals surface area contributed by atoms with Gasteiger partial charge in [0.2, 0.25) is 11.8 Å². The molecule has 0 unspecified atom stereocenters. The summed E-state index contributed by atoms with van der Waals surface area (Å²) in [5.74, 6) is 0.323. The van der Waals surface area contributed by atoms with Crippen LogP contribution < -0.4 is 19.7 Å². The zero-order valence-electron chi connectivity index (χ0n) is 23.4. The van der Waals surface area contributed by atoms with Crippen molar-refractivity contribution in [1.29, 1.82) is 0 Å². The molecule has 0 bridgehead atoms. The maximum absolute atomic E-state index is 14.5. The monoisotopic (exact) mass is 541 g/mol. The van der Waals surface area contributed by atoms with Crippen molar-refractivity contribution in [3.05, 3.63) is 77.4 Å². The molecule has 40 heavy (non-hydrogen) atoms. The van der Waals surface area contributed by atoms with Gasteiger partial charge in [-0.1, -0.05) is 60.5 Å². The van der Waals surface area contributed by atoms with Gasteiger partial charge in [0.1, 0.15) is 18.1 Å². The van der Waals surface area contributed by atoms with Crippen molar-refractivity contribution in [3.8, 4) is 11.5 Å². The molecule has 9 heteroatoms. The second-order valence-corrected chi connectivity index (χ2v) is 10.2. The number of carbonyl (C=O) groups is 2. The zero-order chi connectivity index (χ0) is 28.2. The van der Waals surface area contributed by atoms with E-state index in [4.69, 9.17) is 9.47 Å². The van der Waals surface area contributed by atoms with Crippen LogP contribution in [0.3, 0.4) is 0 Å². The third-order valence-electron chi connectivity index (χ3n) is 7.59. The normalized spacial score (nSPS) is 14.2. The van der Waals surface area contributed by atoms with Gasteiger partial charge in [-0.2, -0.15) is 0 Å². The average Bonchev–Trinajstić information content (AvgIpc) is 3.62. The summed E-state index contributed by atoms with van der Waals surface area (Å²) in [6.45, 7) is 3.79. The summed E-state index contributed by atoms with van der Waals surface area (Å²) in [5.41, 5.74) is 4.39. The molecule has 1 heterocycles. The molecule has 1 fully saturated rings. The summed E-state index contributed by atoms with van der Waals surface area (Å²) >= 11 is 0. The van der Waals surface area contributed by atoms with Gasteiger partial charge in [-0.15, -0.1) is 5.10 Å². The van der Waals surface area contributed by atoms with Gasteiger partial charge in [-0.3, -0.25) is 14.5 Å². The summed E-state index contributed by atoms with van der Waals surface area (Å²) in [7, 11) is 3.10. The molecule has 1 saturated carbocycles. The highest BCUT2D eigenvalue weighted by molar-refractivity contribution is 6.03. The van der Waals surface area contributed by atoms with Crippen molar-refractivity contribution in [3.63, 3.8) is 0 Å². The lowest BCUT2D eigenvalue weighted by molar-refractivity contribution is -0.127. The van der Waals surface area contributed by atoms with Crippen LogP contribution >= 0.6 is 0 Å². The number of methoxy groups -OCH3 is 2. The van der Waals surface area contributed by atoms with Crippen molar-refractivity contribution >= 4 is 28.5 Å². The number of rotatable bonds is 9. The molecule has 0 spiro atoms. The Kier molecular flexibility index (Phi) is 8.00. The first kappa shape index (κ1) is 27.2. The molecule has 1 aromatic heterocycles. The summed E-state index contributed by atoms with van der Waals surface area (Å²) < 4.78 is 12.9. The SMILES string of the molecule is COc1cccc([C@@H](C(=O)NC2CCCC2)N(C(=O)Cn2nnc3ccccc32)c2c(C)cccc2C)c1OC. The summed E-state index contributed by atoms with van der Waals surface area (Å²) in [5, 5.41) is 11.7. The molecule has 1 N–H and O–H groups in total. The van der Waals surface area contributed by atoms with Crippen LogP contribution in [0.25, 0.3) is 11.0 Å². The molecule has 9 nitrogen and oxygen atoms in total. The first-order chi connectivity index (χ1) is 19.4. The van der Waals surface area contributed by atoms with Gasteiger partial charge in [-0.05, 0) is 56.0 Å². The number of aromatic nitrogens is 3. The number of nitrogens with zero attached hydrogens (tertiary/aromatic N) is 4. The first-order valence-electron chi connectivity index (χ1n) is 13.6. The van der Waals surface area contributed by atoms with Crippen LogP contribution in [0.4, 0.5) is 5.69 Å². The van der Waals surface area contributed by atoms with Crippen LogP contribution in [-0.4, -0.2) is 47.1 Å². The van der Waals surface area contributed by atoms with E-state index in [9.17, 15) is 9.59 Å². The Morgan fingerprint density at radius 2 is 1.68 bits per heavy atom. The number of amides is 2. The highest BCUT2D eigenvalue weighted by atomic mass is 16.5. The van der Waals surface area contributed by atoms with Gasteiger partial charge in [0.25, 0.3) is 0 Å². The second-order valence-electron chi connectivity index (χ2n) is 10.2. The van der Waals surface area contributed by atoms with E-state index in [0.717, 1.165) is 42.3 Å². The van der Waals surface area contributed by atoms with Crippen molar-refractivity contribution in [2.45, 2.75) is 58.2 Å². The molecule has 1 atom stereocenters. The number of hydrogen-bond donors (Lipinski definition) is 1. The Bertz CT molecular complexity index is 1510. The topological polar surface area (TPSA) is 98.6 Å². The van der Waals surface area contributed by atoms with Gasteiger partial charge >= 0.3 is 0 Å². The third kappa shape index (κ3) is 5.23. The maximum Gasteiger partial charge on any atom is 0.249 e. The van der Waals surface area contributed by atoms with E-state index in [1.165, 1.54) is 0 Å². The fraction of sp³-hybridized carbons (Fsp3) is 0.355. The Hall–Kier alpha value is -4.40. The van der Waals surface area contributed by atoms with E-state index in [1.54, 1.807) is 29.9 Å². The number of para-hydroxylation sites is 3. The minimum atomic E-state index is -1.02. The molecule has 0 saturated heterocycles. The lowest BCUT2D eigenvalue weighted by Crippen LogP contribution is -2.48. The van der Waals surface area contributed by atoms with E-state index in [0.29, 0.717) is 28.3 Å². The largest absolute Gasteiger partial charge is 0.493 e. The molecule has 208 valence electrons. The molecule has 1 aliphatic rings. The van der Waals surface area contributed by atoms with E-state index in [1.807, 2.05) is 68.4 Å². The third-order valence-corrected chi connectivity index (χ3v) is 7.59.